The molecule has 0 aliphatic heterocycles. The van der Waals surface area contributed by atoms with Gasteiger partial charge in [-0.05, 0) is 0 Å². The topological polar surface area (TPSA) is 0 Å². The Kier molecular flexibility index (Phi) is 3.92. The second-order valence-electron chi connectivity index (χ2n) is 5.36. The molecule has 0 heterocycles. The van der Waals surface area contributed by atoms with Crippen LogP contribution in [0.15, 0.2) is 48.5 Å². The summed E-state index contributed by atoms with van der Waals surface area (Å²) in [6.45, 7) is 4.56. The van der Waals surface area contributed by atoms with Crippen LogP contribution >= 0.6 is 0 Å². The first-order valence-corrected chi connectivity index (χ1v) is 6.14. The molecule has 0 bridgehead atoms. The molecule has 0 saturated carbocycles. The Morgan fingerprint density at radius 1 is 0.647 bits per heavy atom. The Bertz CT molecular complexity index is 448. The van der Waals surface area contributed by atoms with Gasteiger partial charge in [-0.1, -0.05) is 0 Å². The average molecular weight is 208 g/mol. The third-order valence-corrected chi connectivity index (χ3v) is 3.55. The minimum atomic E-state index is 0.0708. The van der Waals surface area contributed by atoms with Gasteiger partial charge in [-0.25, -0.2) is 0 Å². The molecule has 0 fully saturated rings. The zero-order valence-corrected chi connectivity index (χ0v) is 11.1. The van der Waals surface area contributed by atoms with Gasteiger partial charge in [-0.15, -0.1) is 0 Å². The molecule has 0 aliphatic rings. The standard InChI is InChI=1S/C15H14.2Li/c1-15(2,13-9-5-3-6-10-13)14-11-7-4-8-12-14;;/h5-12H,1-2H3;;. The van der Waals surface area contributed by atoms with Gasteiger partial charge in [0.25, 0.3) is 0 Å². The van der Waals surface area contributed by atoms with E-state index in [4.69, 9.17) is 0 Å². The summed E-state index contributed by atoms with van der Waals surface area (Å²) in [4.78, 5) is 0. The number of hydrogen-bond acceptors (Lipinski definition) is 0. The predicted molar refractivity (Wildman–Crippen MR) is 75.8 cm³/mol. The fourth-order valence-electron chi connectivity index (χ4n) is 2.11. The van der Waals surface area contributed by atoms with Crippen molar-refractivity contribution in [1.29, 1.82) is 0 Å². The van der Waals surface area contributed by atoms with Gasteiger partial charge in [-0.2, -0.15) is 0 Å². The molecule has 0 aliphatic carbocycles. The maximum absolute atomic E-state index is 2.28. The molecular formula is C15H14Li2. The fraction of sp³-hybridized carbons (Fsp3) is 0.200. The summed E-state index contributed by atoms with van der Waals surface area (Å²) in [5, 5.41) is 0. The van der Waals surface area contributed by atoms with Crippen LogP contribution in [0.3, 0.4) is 0 Å². The van der Waals surface area contributed by atoms with Crippen LogP contribution in [0.1, 0.15) is 25.0 Å². The average Bonchev–Trinajstić information content (AvgIpc) is 2.30. The van der Waals surface area contributed by atoms with Gasteiger partial charge >= 0.3 is 123 Å². The third-order valence-electron chi connectivity index (χ3n) is 3.55. The summed E-state index contributed by atoms with van der Waals surface area (Å²) >= 11 is 4.26. The van der Waals surface area contributed by atoms with E-state index in [1.54, 1.807) is 0 Å². The van der Waals surface area contributed by atoms with Gasteiger partial charge in [0.15, 0.2) is 0 Å². The van der Waals surface area contributed by atoms with Crippen LogP contribution in [-0.4, -0.2) is 35.4 Å². The SMILES string of the molecule is [Li][c]1ccc(C(C)(C)c2cc[c]([Li])cc2)cc1. The summed E-state index contributed by atoms with van der Waals surface area (Å²) < 4.78 is 2.63. The Balaban J connectivity index is 2.41. The zero-order chi connectivity index (χ0) is 12.5. The molecule has 0 nitrogen and oxygen atoms in total. The molecule has 0 saturated heterocycles. The van der Waals surface area contributed by atoms with E-state index in [0.717, 1.165) is 0 Å². The third kappa shape index (κ3) is 2.90. The molecule has 76 valence electrons. The molecule has 0 unspecified atom stereocenters. The van der Waals surface area contributed by atoms with Crippen LogP contribution in [0.5, 0.6) is 0 Å². The molecule has 0 radical (unpaired) electrons. The Hall–Kier alpha value is -0.365. The molecule has 2 heteroatoms. The van der Waals surface area contributed by atoms with Crippen molar-refractivity contribution in [2.45, 2.75) is 19.3 Å². The van der Waals surface area contributed by atoms with E-state index in [-0.39, 0.29) is 5.41 Å². The first kappa shape index (κ1) is 13.1. The molecule has 2 rings (SSSR count). The van der Waals surface area contributed by atoms with Gasteiger partial charge in [0.1, 0.15) is 0 Å². The van der Waals surface area contributed by atoms with E-state index in [0.29, 0.717) is 0 Å². The van der Waals surface area contributed by atoms with Gasteiger partial charge in [0.2, 0.25) is 0 Å². The second kappa shape index (κ2) is 5.10. The van der Waals surface area contributed by atoms with Crippen LogP contribution < -0.4 is 8.47 Å². The Morgan fingerprint density at radius 3 is 1.24 bits per heavy atom. The molecule has 0 amide bonds. The van der Waals surface area contributed by atoms with Crippen molar-refractivity contribution in [3.63, 3.8) is 0 Å². The molecule has 0 N–H and O–H groups in total. The summed E-state index contributed by atoms with van der Waals surface area (Å²) in [5.41, 5.74) is 2.81. The van der Waals surface area contributed by atoms with Crippen LogP contribution in [0, 0.1) is 0 Å². The maximum atomic E-state index is 2.28. The number of rotatable bonds is 2. The van der Waals surface area contributed by atoms with E-state index < -0.39 is 0 Å². The summed E-state index contributed by atoms with van der Waals surface area (Å²) in [7, 11) is 0. The monoisotopic (exact) mass is 208 g/mol. The van der Waals surface area contributed by atoms with Crippen molar-refractivity contribution in [3.05, 3.63) is 59.7 Å². The molecule has 0 spiro atoms. The van der Waals surface area contributed by atoms with Gasteiger partial charge in [-0.3, -0.25) is 0 Å². The van der Waals surface area contributed by atoms with Crippen molar-refractivity contribution in [2.75, 3.05) is 0 Å². The van der Waals surface area contributed by atoms with Crippen molar-refractivity contribution in [3.8, 4) is 0 Å². The van der Waals surface area contributed by atoms with Crippen molar-refractivity contribution < 1.29 is 0 Å². The normalized spacial score (nSPS) is 11.6. The molecular weight excluding hydrogens is 194 g/mol. The van der Waals surface area contributed by atoms with E-state index in [1.807, 2.05) is 0 Å². The molecule has 2 aromatic rings. The summed E-state index contributed by atoms with van der Waals surface area (Å²) in [6, 6.07) is 17.7. The first-order valence-electron chi connectivity index (χ1n) is 6.14. The van der Waals surface area contributed by atoms with Crippen LogP contribution in [0.4, 0.5) is 0 Å². The molecule has 0 atom stereocenters. The zero-order valence-electron chi connectivity index (χ0n) is 11.1. The Morgan fingerprint density at radius 2 is 0.941 bits per heavy atom. The van der Waals surface area contributed by atoms with Crippen molar-refractivity contribution in [2.24, 2.45) is 0 Å². The molecule has 17 heavy (non-hydrogen) atoms. The van der Waals surface area contributed by atoms with Crippen molar-refractivity contribution in [1.82, 2.24) is 0 Å². The Labute approximate surface area is 122 Å². The van der Waals surface area contributed by atoms with E-state index in [9.17, 15) is 0 Å². The van der Waals surface area contributed by atoms with E-state index in [1.165, 1.54) is 19.6 Å². The fourth-order valence-corrected chi connectivity index (χ4v) is 2.11. The molecule has 2 aromatic carbocycles. The van der Waals surface area contributed by atoms with Gasteiger partial charge < -0.3 is 0 Å². The predicted octanol–water partition coefficient (Wildman–Crippen LogP) is 1.60. The quantitative estimate of drug-likeness (QED) is 0.657. The van der Waals surface area contributed by atoms with E-state index >= 15 is 0 Å². The second-order valence-corrected chi connectivity index (χ2v) is 5.36. The number of hydrogen-bond donors (Lipinski definition) is 0. The first-order chi connectivity index (χ1) is 8.00. The van der Waals surface area contributed by atoms with Gasteiger partial charge in [0.05, 0.1) is 0 Å². The molecule has 0 aromatic heterocycles. The van der Waals surface area contributed by atoms with Crippen molar-refractivity contribution >= 4 is 43.9 Å². The number of benzene rings is 2. The summed E-state index contributed by atoms with van der Waals surface area (Å²) in [6.07, 6.45) is 0. The summed E-state index contributed by atoms with van der Waals surface area (Å²) in [5.74, 6) is 0. The van der Waals surface area contributed by atoms with Gasteiger partial charge in [0, 0.05) is 0 Å². The van der Waals surface area contributed by atoms with E-state index in [2.05, 4.69) is 97.8 Å². The minimum absolute atomic E-state index is 0.0708. The van der Waals surface area contributed by atoms with Crippen LogP contribution in [-0.2, 0) is 5.41 Å². The van der Waals surface area contributed by atoms with Crippen LogP contribution in [0.25, 0.3) is 0 Å². The van der Waals surface area contributed by atoms with Crippen LogP contribution in [0.2, 0.25) is 0 Å².